The van der Waals surface area contributed by atoms with Crippen LogP contribution in [-0.2, 0) is 9.53 Å². The third-order valence-electron chi connectivity index (χ3n) is 6.04. The summed E-state index contributed by atoms with van der Waals surface area (Å²) in [5.41, 5.74) is -0.470. The molecule has 2 aromatic rings. The van der Waals surface area contributed by atoms with E-state index in [1.54, 1.807) is 31.5 Å². The molecule has 2 aliphatic rings. The fourth-order valence-corrected chi connectivity index (χ4v) is 4.31. The number of piperidine rings is 1. The Balaban J connectivity index is 1.33. The molecule has 0 bridgehead atoms. The molecular formula is C23H28N4O3. The SMILES string of the molecule is C[C@]1(O)CC2(CCN(c3ncccn3)CC2)OC[C@@H]1NC(=O)C=Cc1ccccc1. The molecule has 1 aromatic carbocycles. The first kappa shape index (κ1) is 20.5. The lowest BCUT2D eigenvalue weighted by Gasteiger charge is -2.51. The van der Waals surface area contributed by atoms with Gasteiger partial charge in [0.05, 0.1) is 23.9 Å². The van der Waals surface area contributed by atoms with Crippen molar-refractivity contribution in [3.05, 3.63) is 60.4 Å². The molecule has 4 rings (SSSR count). The number of aromatic nitrogens is 2. The van der Waals surface area contributed by atoms with E-state index in [-0.39, 0.29) is 11.5 Å². The monoisotopic (exact) mass is 408 g/mol. The molecule has 2 saturated heterocycles. The van der Waals surface area contributed by atoms with Crippen LogP contribution in [0.15, 0.2) is 54.9 Å². The summed E-state index contributed by atoms with van der Waals surface area (Å²) in [6.45, 7) is 3.63. The summed E-state index contributed by atoms with van der Waals surface area (Å²) in [6, 6.07) is 11.0. The molecule has 1 amide bonds. The number of nitrogens with zero attached hydrogens (tertiary/aromatic N) is 3. The summed E-state index contributed by atoms with van der Waals surface area (Å²) in [5, 5.41) is 14.0. The highest BCUT2D eigenvalue weighted by Gasteiger charge is 2.49. The number of hydrogen-bond donors (Lipinski definition) is 2. The van der Waals surface area contributed by atoms with Gasteiger partial charge in [0, 0.05) is 38.0 Å². The summed E-state index contributed by atoms with van der Waals surface area (Å²) < 4.78 is 6.24. The minimum atomic E-state index is -1.04. The molecule has 0 radical (unpaired) electrons. The zero-order valence-corrected chi connectivity index (χ0v) is 17.2. The van der Waals surface area contributed by atoms with Gasteiger partial charge in [0.25, 0.3) is 0 Å². The van der Waals surface area contributed by atoms with E-state index in [9.17, 15) is 9.90 Å². The van der Waals surface area contributed by atoms with Gasteiger partial charge in [-0.3, -0.25) is 4.79 Å². The Kier molecular flexibility index (Phi) is 5.83. The maximum absolute atomic E-state index is 12.4. The maximum atomic E-state index is 12.4. The molecule has 1 aromatic heterocycles. The smallest absolute Gasteiger partial charge is 0.244 e. The van der Waals surface area contributed by atoms with Crippen molar-refractivity contribution in [2.24, 2.45) is 0 Å². The number of anilines is 1. The van der Waals surface area contributed by atoms with Crippen LogP contribution in [0, 0.1) is 0 Å². The van der Waals surface area contributed by atoms with Crippen LogP contribution in [-0.4, -0.2) is 57.9 Å². The van der Waals surface area contributed by atoms with E-state index in [4.69, 9.17) is 4.74 Å². The summed E-state index contributed by atoms with van der Waals surface area (Å²) in [5.74, 6) is 0.491. The summed E-state index contributed by atoms with van der Waals surface area (Å²) >= 11 is 0. The van der Waals surface area contributed by atoms with Crippen molar-refractivity contribution < 1.29 is 14.6 Å². The van der Waals surface area contributed by atoms with Gasteiger partial charge < -0.3 is 20.1 Å². The molecule has 2 N–H and O–H groups in total. The largest absolute Gasteiger partial charge is 0.388 e. The first-order valence-corrected chi connectivity index (χ1v) is 10.4. The minimum absolute atomic E-state index is 0.236. The molecule has 0 saturated carbocycles. The van der Waals surface area contributed by atoms with E-state index < -0.39 is 11.6 Å². The fraction of sp³-hybridized carbons (Fsp3) is 0.435. The summed E-state index contributed by atoms with van der Waals surface area (Å²) in [4.78, 5) is 23.1. The molecule has 1 spiro atoms. The van der Waals surface area contributed by atoms with E-state index in [0.717, 1.165) is 37.4 Å². The number of rotatable bonds is 4. The summed E-state index contributed by atoms with van der Waals surface area (Å²) in [6.07, 6.45) is 8.80. The number of carbonyl (C=O) groups is 1. The number of nitrogens with one attached hydrogen (secondary N) is 1. The van der Waals surface area contributed by atoms with Crippen LogP contribution in [0.2, 0.25) is 0 Å². The lowest BCUT2D eigenvalue weighted by atomic mass is 9.76. The van der Waals surface area contributed by atoms with Gasteiger partial charge in [-0.1, -0.05) is 30.3 Å². The molecule has 3 heterocycles. The van der Waals surface area contributed by atoms with E-state index in [2.05, 4.69) is 20.2 Å². The molecule has 0 aliphatic carbocycles. The molecule has 158 valence electrons. The van der Waals surface area contributed by atoms with Crippen LogP contribution in [0.1, 0.15) is 31.7 Å². The van der Waals surface area contributed by atoms with E-state index in [1.807, 2.05) is 30.3 Å². The van der Waals surface area contributed by atoms with Crippen LogP contribution in [0.25, 0.3) is 6.08 Å². The second kappa shape index (κ2) is 8.53. The van der Waals surface area contributed by atoms with Crippen LogP contribution < -0.4 is 10.2 Å². The fourth-order valence-electron chi connectivity index (χ4n) is 4.31. The summed E-state index contributed by atoms with van der Waals surface area (Å²) in [7, 11) is 0. The van der Waals surface area contributed by atoms with Gasteiger partial charge in [-0.15, -0.1) is 0 Å². The first-order valence-electron chi connectivity index (χ1n) is 10.4. The van der Waals surface area contributed by atoms with Crippen LogP contribution in [0.3, 0.4) is 0 Å². The van der Waals surface area contributed by atoms with Gasteiger partial charge in [0.2, 0.25) is 11.9 Å². The third-order valence-corrected chi connectivity index (χ3v) is 6.04. The first-order chi connectivity index (χ1) is 14.5. The van der Waals surface area contributed by atoms with E-state index in [0.29, 0.717) is 13.0 Å². The average molecular weight is 409 g/mol. The molecule has 7 nitrogen and oxygen atoms in total. The molecule has 2 atom stereocenters. The minimum Gasteiger partial charge on any atom is -0.388 e. The van der Waals surface area contributed by atoms with E-state index in [1.165, 1.54) is 6.08 Å². The molecule has 7 heteroatoms. The van der Waals surface area contributed by atoms with Gasteiger partial charge in [0.1, 0.15) is 0 Å². The molecule has 0 unspecified atom stereocenters. The Morgan fingerprint density at radius 2 is 1.90 bits per heavy atom. The second-order valence-corrected chi connectivity index (χ2v) is 8.37. The molecule has 2 fully saturated rings. The van der Waals surface area contributed by atoms with Crippen LogP contribution in [0.5, 0.6) is 0 Å². The number of benzene rings is 1. The Morgan fingerprint density at radius 3 is 2.57 bits per heavy atom. The molecule has 2 aliphatic heterocycles. The Morgan fingerprint density at radius 1 is 1.20 bits per heavy atom. The van der Waals surface area contributed by atoms with Crippen molar-refractivity contribution in [1.82, 2.24) is 15.3 Å². The Hall–Kier alpha value is -2.77. The normalized spacial score (nSPS) is 26.1. The van der Waals surface area contributed by atoms with Crippen LogP contribution in [0.4, 0.5) is 5.95 Å². The second-order valence-electron chi connectivity index (χ2n) is 8.37. The number of ether oxygens (including phenoxy) is 1. The lowest BCUT2D eigenvalue weighted by Crippen LogP contribution is -2.63. The standard InChI is InChI=1S/C23H28N4O3/c1-22(29)17-23(10-14-27(15-11-23)21-24-12-5-13-25-21)30-16-19(22)26-20(28)9-8-18-6-3-2-4-7-18/h2-9,12-13,19,29H,10-11,14-17H2,1H3,(H,26,28)/t19-,22-/m0/s1. The Labute approximate surface area is 176 Å². The van der Waals surface area contributed by atoms with Gasteiger partial charge >= 0.3 is 0 Å². The van der Waals surface area contributed by atoms with Crippen molar-refractivity contribution in [3.8, 4) is 0 Å². The Bertz CT molecular complexity index is 878. The van der Waals surface area contributed by atoms with Crippen molar-refractivity contribution >= 4 is 17.9 Å². The van der Waals surface area contributed by atoms with Crippen molar-refractivity contribution in [1.29, 1.82) is 0 Å². The zero-order chi connectivity index (χ0) is 21.0. The quantitative estimate of drug-likeness (QED) is 0.754. The average Bonchev–Trinajstić information content (AvgIpc) is 2.76. The third kappa shape index (κ3) is 4.68. The molecular weight excluding hydrogens is 380 g/mol. The highest BCUT2D eigenvalue weighted by atomic mass is 16.5. The van der Waals surface area contributed by atoms with Gasteiger partial charge in [-0.25, -0.2) is 9.97 Å². The van der Waals surface area contributed by atoms with Gasteiger partial charge in [-0.2, -0.15) is 0 Å². The van der Waals surface area contributed by atoms with E-state index >= 15 is 0 Å². The highest BCUT2D eigenvalue weighted by Crippen LogP contribution is 2.40. The topological polar surface area (TPSA) is 87.6 Å². The maximum Gasteiger partial charge on any atom is 0.244 e. The van der Waals surface area contributed by atoms with Crippen molar-refractivity contribution in [2.75, 3.05) is 24.6 Å². The van der Waals surface area contributed by atoms with Crippen LogP contribution >= 0.6 is 0 Å². The molecule has 30 heavy (non-hydrogen) atoms. The zero-order valence-electron chi connectivity index (χ0n) is 17.2. The number of carbonyl (C=O) groups excluding carboxylic acids is 1. The highest BCUT2D eigenvalue weighted by molar-refractivity contribution is 5.92. The predicted molar refractivity (Wildman–Crippen MR) is 115 cm³/mol. The number of aliphatic hydroxyl groups is 1. The lowest BCUT2D eigenvalue weighted by molar-refractivity contribution is -0.180. The van der Waals surface area contributed by atoms with Crippen molar-refractivity contribution in [3.63, 3.8) is 0 Å². The van der Waals surface area contributed by atoms with Gasteiger partial charge in [-0.05, 0) is 37.5 Å². The predicted octanol–water partition coefficient (Wildman–Crippen LogP) is 2.19. The van der Waals surface area contributed by atoms with Crippen molar-refractivity contribution in [2.45, 2.75) is 43.4 Å². The number of amides is 1. The van der Waals surface area contributed by atoms with Gasteiger partial charge in [0.15, 0.2) is 0 Å². The number of hydrogen-bond acceptors (Lipinski definition) is 6.